The smallest absolute Gasteiger partial charge is 0.232 e. The van der Waals surface area contributed by atoms with E-state index in [4.69, 9.17) is 5.73 Å². The van der Waals surface area contributed by atoms with Crippen LogP contribution < -0.4 is 11.1 Å². The van der Waals surface area contributed by atoms with Gasteiger partial charge < -0.3 is 11.1 Å². The lowest BCUT2D eigenvalue weighted by Gasteiger charge is -2.09. The van der Waals surface area contributed by atoms with Crippen LogP contribution in [-0.2, 0) is 15.6 Å². The molecule has 0 aromatic heterocycles. The molecule has 0 aliphatic carbocycles. The minimum atomic E-state index is -1.13. The normalized spacial score (nSPS) is 15.0. The quantitative estimate of drug-likeness (QED) is 0.663. The van der Waals surface area contributed by atoms with E-state index in [9.17, 15) is 9.00 Å². The first-order valence-electron chi connectivity index (χ1n) is 5.33. The molecular formula is C10H22N2O2S. The predicted molar refractivity (Wildman–Crippen MR) is 64.0 cm³/mol. The molecule has 0 aromatic carbocycles. The maximum Gasteiger partial charge on any atom is 0.232 e. The van der Waals surface area contributed by atoms with Crippen molar-refractivity contribution in [2.45, 2.75) is 33.2 Å². The molecule has 0 aliphatic heterocycles. The van der Waals surface area contributed by atoms with E-state index < -0.39 is 10.8 Å². The topological polar surface area (TPSA) is 72.2 Å². The second kappa shape index (κ2) is 7.82. The highest BCUT2D eigenvalue weighted by Crippen LogP contribution is 1.92. The maximum atomic E-state index is 11.4. The number of hydrogen-bond acceptors (Lipinski definition) is 3. The number of rotatable bonds is 7. The standard InChI is InChI=1S/C10H22N2O2S/c1-4-9(11)6-15(14)7-10(13)12-5-8(2)3/h8-9H,4-7,11H2,1-3H3,(H,12,13). The molecule has 0 saturated heterocycles. The molecule has 0 aromatic rings. The van der Waals surface area contributed by atoms with Crippen LogP contribution in [0.25, 0.3) is 0 Å². The van der Waals surface area contributed by atoms with Gasteiger partial charge in [-0.3, -0.25) is 9.00 Å². The maximum absolute atomic E-state index is 11.4. The fourth-order valence-corrected chi connectivity index (χ4v) is 2.16. The monoisotopic (exact) mass is 234 g/mol. The van der Waals surface area contributed by atoms with E-state index in [2.05, 4.69) is 5.32 Å². The molecule has 5 heteroatoms. The fourth-order valence-electron chi connectivity index (χ4n) is 0.931. The third-order valence-electron chi connectivity index (χ3n) is 1.92. The van der Waals surface area contributed by atoms with Crippen LogP contribution in [0.5, 0.6) is 0 Å². The Balaban J connectivity index is 3.72. The highest BCUT2D eigenvalue weighted by molar-refractivity contribution is 7.85. The number of nitrogens with two attached hydrogens (primary N) is 1. The summed E-state index contributed by atoms with van der Waals surface area (Å²) < 4.78 is 11.4. The third-order valence-corrected chi connectivity index (χ3v) is 3.31. The SMILES string of the molecule is CCC(N)CS(=O)CC(=O)NCC(C)C. The Kier molecular flexibility index (Phi) is 7.60. The summed E-state index contributed by atoms with van der Waals surface area (Å²) in [6, 6.07) is -0.0660. The minimum absolute atomic E-state index is 0.0660. The first-order chi connectivity index (χ1) is 6.95. The molecule has 0 spiro atoms. The van der Waals surface area contributed by atoms with E-state index >= 15 is 0 Å². The summed E-state index contributed by atoms with van der Waals surface area (Å²) >= 11 is 0. The van der Waals surface area contributed by atoms with Crippen molar-refractivity contribution >= 4 is 16.7 Å². The number of carbonyl (C=O) groups is 1. The highest BCUT2D eigenvalue weighted by atomic mass is 32.2. The molecular weight excluding hydrogens is 212 g/mol. The molecule has 0 heterocycles. The number of hydrogen-bond donors (Lipinski definition) is 2. The van der Waals surface area contributed by atoms with Gasteiger partial charge in [0.2, 0.25) is 5.91 Å². The second-order valence-corrected chi connectivity index (χ2v) is 5.62. The van der Waals surface area contributed by atoms with Crippen LogP contribution in [0.2, 0.25) is 0 Å². The molecule has 0 rings (SSSR count). The van der Waals surface area contributed by atoms with Gasteiger partial charge in [0.25, 0.3) is 0 Å². The molecule has 90 valence electrons. The summed E-state index contributed by atoms with van der Waals surface area (Å²) in [6.45, 7) is 6.62. The van der Waals surface area contributed by atoms with E-state index in [1.807, 2.05) is 20.8 Å². The number of carbonyl (C=O) groups excluding carboxylic acids is 1. The van der Waals surface area contributed by atoms with Gasteiger partial charge in [-0.05, 0) is 12.3 Å². The zero-order valence-corrected chi connectivity index (χ0v) is 10.6. The van der Waals surface area contributed by atoms with E-state index in [1.165, 1.54) is 0 Å². The van der Waals surface area contributed by atoms with Gasteiger partial charge in [-0.2, -0.15) is 0 Å². The van der Waals surface area contributed by atoms with Crippen molar-refractivity contribution in [3.05, 3.63) is 0 Å². The summed E-state index contributed by atoms with van der Waals surface area (Å²) in [6.07, 6.45) is 0.791. The van der Waals surface area contributed by atoms with Crippen molar-refractivity contribution in [3.8, 4) is 0 Å². The van der Waals surface area contributed by atoms with Crippen LogP contribution in [0.3, 0.4) is 0 Å². The molecule has 2 unspecified atom stereocenters. The summed E-state index contributed by atoms with van der Waals surface area (Å²) in [5.74, 6) is 0.747. The lowest BCUT2D eigenvalue weighted by Crippen LogP contribution is -2.34. The lowest BCUT2D eigenvalue weighted by molar-refractivity contribution is -0.118. The second-order valence-electron chi connectivity index (χ2n) is 4.12. The van der Waals surface area contributed by atoms with E-state index in [-0.39, 0.29) is 17.7 Å². The van der Waals surface area contributed by atoms with E-state index in [1.54, 1.807) is 0 Å². The van der Waals surface area contributed by atoms with Crippen molar-refractivity contribution in [2.75, 3.05) is 18.1 Å². The van der Waals surface area contributed by atoms with Crippen LogP contribution in [0, 0.1) is 5.92 Å². The molecule has 0 aliphatic rings. The van der Waals surface area contributed by atoms with Crippen LogP contribution >= 0.6 is 0 Å². The van der Waals surface area contributed by atoms with Gasteiger partial charge in [0.15, 0.2) is 0 Å². The first kappa shape index (κ1) is 14.6. The third kappa shape index (κ3) is 8.57. The van der Waals surface area contributed by atoms with Crippen LogP contribution in [-0.4, -0.2) is 34.2 Å². The van der Waals surface area contributed by atoms with E-state index in [0.29, 0.717) is 18.2 Å². The van der Waals surface area contributed by atoms with Crippen LogP contribution in [0.15, 0.2) is 0 Å². The fraction of sp³-hybridized carbons (Fsp3) is 0.900. The van der Waals surface area contributed by atoms with Gasteiger partial charge in [-0.25, -0.2) is 0 Å². The Hall–Kier alpha value is -0.420. The van der Waals surface area contributed by atoms with Crippen molar-refractivity contribution in [3.63, 3.8) is 0 Å². The summed E-state index contributed by atoms with van der Waals surface area (Å²) in [5, 5.41) is 2.73. The van der Waals surface area contributed by atoms with Gasteiger partial charge in [0.1, 0.15) is 5.75 Å². The van der Waals surface area contributed by atoms with Gasteiger partial charge in [-0.1, -0.05) is 20.8 Å². The molecule has 2 atom stereocenters. The van der Waals surface area contributed by atoms with Crippen molar-refractivity contribution in [2.24, 2.45) is 11.7 Å². The Labute approximate surface area is 94.4 Å². The summed E-state index contributed by atoms with van der Waals surface area (Å²) in [4.78, 5) is 11.3. The zero-order valence-electron chi connectivity index (χ0n) is 9.79. The molecule has 3 N–H and O–H groups in total. The average molecular weight is 234 g/mol. The van der Waals surface area contributed by atoms with Crippen molar-refractivity contribution in [1.29, 1.82) is 0 Å². The Bertz CT molecular complexity index is 219. The molecule has 0 saturated carbocycles. The van der Waals surface area contributed by atoms with Gasteiger partial charge in [0, 0.05) is 29.1 Å². The molecule has 4 nitrogen and oxygen atoms in total. The van der Waals surface area contributed by atoms with E-state index in [0.717, 1.165) is 6.42 Å². The van der Waals surface area contributed by atoms with Gasteiger partial charge >= 0.3 is 0 Å². The molecule has 0 bridgehead atoms. The Morgan fingerprint density at radius 3 is 2.53 bits per heavy atom. The Morgan fingerprint density at radius 1 is 1.47 bits per heavy atom. The number of nitrogens with one attached hydrogen (secondary N) is 1. The zero-order chi connectivity index (χ0) is 11.8. The summed E-state index contributed by atoms with van der Waals surface area (Å²) in [5.41, 5.74) is 5.65. The van der Waals surface area contributed by atoms with Crippen LogP contribution in [0.1, 0.15) is 27.2 Å². The summed E-state index contributed by atoms with van der Waals surface area (Å²) in [7, 11) is -1.13. The van der Waals surface area contributed by atoms with Gasteiger partial charge in [0.05, 0.1) is 0 Å². The largest absolute Gasteiger partial charge is 0.355 e. The number of amides is 1. The average Bonchev–Trinajstić information content (AvgIpc) is 2.14. The lowest BCUT2D eigenvalue weighted by atomic mass is 10.2. The van der Waals surface area contributed by atoms with Crippen LogP contribution in [0.4, 0.5) is 0 Å². The predicted octanol–water partition coefficient (Wildman–Crippen LogP) is 0.245. The first-order valence-corrected chi connectivity index (χ1v) is 6.81. The minimum Gasteiger partial charge on any atom is -0.355 e. The molecule has 1 amide bonds. The van der Waals surface area contributed by atoms with Crippen molar-refractivity contribution < 1.29 is 9.00 Å². The molecule has 0 radical (unpaired) electrons. The van der Waals surface area contributed by atoms with Crippen molar-refractivity contribution in [1.82, 2.24) is 5.32 Å². The highest BCUT2D eigenvalue weighted by Gasteiger charge is 2.11. The molecule has 15 heavy (non-hydrogen) atoms. The van der Waals surface area contributed by atoms with Gasteiger partial charge in [-0.15, -0.1) is 0 Å². The molecule has 0 fully saturated rings. The Morgan fingerprint density at radius 2 is 2.07 bits per heavy atom.